The fraction of sp³-hybridized carbons (Fsp3) is 0.444. The Hall–Kier alpha value is -3.51. The average Bonchev–Trinajstić information content (AvgIpc) is 2.96. The smallest absolute Gasteiger partial charge is 0.238 e. The molecule has 3 aromatic rings. The molecule has 5 rings (SSSR count). The second-order valence-corrected chi connectivity index (χ2v) is 10.1. The zero-order chi connectivity index (χ0) is 30.5. The highest BCUT2D eigenvalue weighted by Gasteiger charge is 2.50. The lowest BCUT2D eigenvalue weighted by Crippen LogP contribution is -2.64. The van der Waals surface area contributed by atoms with Crippen molar-refractivity contribution in [3.05, 3.63) is 46.6 Å². The van der Waals surface area contributed by atoms with Crippen LogP contribution in [0.1, 0.15) is 6.92 Å². The number of rotatable bonds is 6. The zero-order valence-corrected chi connectivity index (χ0v) is 21.9. The van der Waals surface area contributed by atoms with Gasteiger partial charge >= 0.3 is 0 Å². The molecule has 2 aliphatic rings. The van der Waals surface area contributed by atoms with E-state index in [1.165, 1.54) is 37.3 Å². The highest BCUT2D eigenvalue weighted by atomic mass is 16.7. The molecule has 10 unspecified atom stereocenters. The van der Waals surface area contributed by atoms with Gasteiger partial charge in [-0.15, -0.1) is 0 Å². The number of benzene rings is 2. The first-order valence-corrected chi connectivity index (χ1v) is 12.9. The molecule has 9 N–H and O–H groups in total. The van der Waals surface area contributed by atoms with E-state index in [0.717, 1.165) is 6.07 Å². The van der Waals surface area contributed by atoms with Crippen molar-refractivity contribution in [2.75, 3.05) is 6.61 Å². The largest absolute Gasteiger partial charge is 0.508 e. The maximum atomic E-state index is 12.8. The number of fused-ring (bicyclic) bond motifs is 1. The first kappa shape index (κ1) is 30.0. The SMILES string of the molecule is CC1OC(Oc2cc(O)c3c(=O)c(O)c(-c4ccc(O)cc4)oc3c2)C(O)C(OC2OC(CO)C(O)C(O)C2O)C1O. The van der Waals surface area contributed by atoms with Gasteiger partial charge in [0.25, 0.3) is 0 Å². The normalized spacial score (nSPS) is 33.5. The van der Waals surface area contributed by atoms with Crippen LogP contribution >= 0.6 is 0 Å². The van der Waals surface area contributed by atoms with Crippen LogP contribution in [0.5, 0.6) is 23.0 Å². The van der Waals surface area contributed by atoms with E-state index < -0.39 is 84.9 Å². The number of aliphatic hydroxyl groups is 6. The molecule has 2 aromatic carbocycles. The minimum atomic E-state index is -1.81. The van der Waals surface area contributed by atoms with Crippen LogP contribution in [-0.2, 0) is 14.2 Å². The van der Waals surface area contributed by atoms with Gasteiger partial charge < -0.3 is 69.3 Å². The predicted molar refractivity (Wildman–Crippen MR) is 139 cm³/mol. The summed E-state index contributed by atoms with van der Waals surface area (Å²) < 4.78 is 27.9. The van der Waals surface area contributed by atoms with E-state index in [1.807, 2.05) is 0 Å². The second kappa shape index (κ2) is 11.6. The monoisotopic (exact) mass is 594 g/mol. The van der Waals surface area contributed by atoms with Gasteiger partial charge in [0.1, 0.15) is 70.9 Å². The summed E-state index contributed by atoms with van der Waals surface area (Å²) in [6, 6.07) is 7.63. The number of aromatic hydroxyl groups is 3. The average molecular weight is 595 g/mol. The Kier molecular flexibility index (Phi) is 8.30. The number of ether oxygens (including phenoxy) is 4. The third kappa shape index (κ3) is 5.37. The van der Waals surface area contributed by atoms with E-state index in [9.17, 15) is 50.8 Å². The van der Waals surface area contributed by atoms with E-state index in [0.29, 0.717) is 0 Å². The number of hydrogen-bond donors (Lipinski definition) is 9. The Morgan fingerprint density at radius 1 is 0.833 bits per heavy atom. The predicted octanol–water partition coefficient (Wildman–Crippen LogP) is -1.39. The highest BCUT2D eigenvalue weighted by molar-refractivity contribution is 5.88. The Labute approximate surface area is 236 Å². The van der Waals surface area contributed by atoms with E-state index in [2.05, 4.69) is 0 Å². The molecule has 15 nitrogen and oxygen atoms in total. The Bertz CT molecular complexity index is 1470. The molecule has 0 bridgehead atoms. The number of hydrogen-bond acceptors (Lipinski definition) is 15. The number of aliphatic hydroxyl groups excluding tert-OH is 6. The molecule has 15 heteroatoms. The van der Waals surface area contributed by atoms with Crippen LogP contribution in [0.3, 0.4) is 0 Å². The third-order valence-electron chi connectivity index (χ3n) is 7.23. The molecule has 0 amide bonds. The van der Waals surface area contributed by atoms with Gasteiger partial charge in [-0.25, -0.2) is 0 Å². The van der Waals surface area contributed by atoms with Crippen LogP contribution in [0.2, 0.25) is 0 Å². The minimum Gasteiger partial charge on any atom is -0.508 e. The van der Waals surface area contributed by atoms with Crippen LogP contribution < -0.4 is 10.2 Å². The number of phenolic OH excluding ortho intramolecular Hbond substituents is 2. The van der Waals surface area contributed by atoms with Gasteiger partial charge in [-0.1, -0.05) is 0 Å². The fourth-order valence-corrected chi connectivity index (χ4v) is 4.87. The summed E-state index contributed by atoms with van der Waals surface area (Å²) in [5, 5.41) is 91.6. The first-order valence-electron chi connectivity index (χ1n) is 12.9. The van der Waals surface area contributed by atoms with E-state index in [-0.39, 0.29) is 33.8 Å². The third-order valence-corrected chi connectivity index (χ3v) is 7.23. The Morgan fingerprint density at radius 3 is 2.19 bits per heavy atom. The second-order valence-electron chi connectivity index (χ2n) is 10.1. The lowest BCUT2D eigenvalue weighted by Gasteiger charge is -2.45. The molecule has 42 heavy (non-hydrogen) atoms. The van der Waals surface area contributed by atoms with Crippen molar-refractivity contribution in [1.29, 1.82) is 0 Å². The summed E-state index contributed by atoms with van der Waals surface area (Å²) in [6.45, 7) is 0.708. The van der Waals surface area contributed by atoms with Gasteiger partial charge in [0.2, 0.25) is 17.5 Å². The van der Waals surface area contributed by atoms with Crippen molar-refractivity contribution < 1.29 is 69.3 Å². The van der Waals surface area contributed by atoms with E-state index in [4.69, 9.17) is 23.4 Å². The van der Waals surface area contributed by atoms with Crippen molar-refractivity contribution in [1.82, 2.24) is 0 Å². The quantitative estimate of drug-likeness (QED) is 0.159. The van der Waals surface area contributed by atoms with E-state index in [1.54, 1.807) is 0 Å². The lowest BCUT2D eigenvalue weighted by molar-refractivity contribution is -0.350. The van der Waals surface area contributed by atoms with E-state index >= 15 is 0 Å². The maximum Gasteiger partial charge on any atom is 0.238 e. The van der Waals surface area contributed by atoms with Gasteiger partial charge in [0, 0.05) is 17.7 Å². The minimum absolute atomic E-state index is 0.0612. The van der Waals surface area contributed by atoms with Crippen LogP contribution in [0.15, 0.2) is 45.6 Å². The fourth-order valence-electron chi connectivity index (χ4n) is 4.87. The molecule has 2 aliphatic heterocycles. The molecule has 2 saturated heterocycles. The molecule has 0 aliphatic carbocycles. The van der Waals surface area contributed by atoms with Crippen molar-refractivity contribution in [2.24, 2.45) is 0 Å². The molecule has 10 atom stereocenters. The van der Waals surface area contributed by atoms with Crippen molar-refractivity contribution in [2.45, 2.75) is 68.3 Å². The van der Waals surface area contributed by atoms with Crippen molar-refractivity contribution in [3.8, 4) is 34.3 Å². The molecule has 3 heterocycles. The summed E-state index contributed by atoms with van der Waals surface area (Å²) in [5.41, 5.74) is -0.900. The van der Waals surface area contributed by atoms with Crippen molar-refractivity contribution in [3.63, 3.8) is 0 Å². The standard InChI is InChI=1S/C27H30O15/c1-9-17(31)25(42-26-22(36)20(34)18(32)15(8-28)41-26)23(37)27(38-9)39-12-6-13(30)16-14(7-12)40-24(21(35)19(16)33)10-2-4-11(29)5-3-10/h2-7,9,15,17-18,20,22-23,25-32,34-37H,8H2,1H3. The molecule has 0 spiro atoms. The van der Waals surface area contributed by atoms with Crippen LogP contribution in [0, 0.1) is 0 Å². The van der Waals surface area contributed by atoms with Crippen LogP contribution in [0.25, 0.3) is 22.3 Å². The molecule has 1 aromatic heterocycles. The zero-order valence-electron chi connectivity index (χ0n) is 21.9. The van der Waals surface area contributed by atoms with Crippen molar-refractivity contribution >= 4 is 11.0 Å². The molecule has 0 saturated carbocycles. The highest BCUT2D eigenvalue weighted by Crippen LogP contribution is 2.37. The van der Waals surface area contributed by atoms with Crippen LogP contribution in [0.4, 0.5) is 0 Å². The molecule has 228 valence electrons. The molecular formula is C27H30O15. The topological polar surface area (TPSA) is 249 Å². The van der Waals surface area contributed by atoms with Gasteiger partial charge in [-0.05, 0) is 31.2 Å². The Balaban J connectivity index is 1.42. The maximum absolute atomic E-state index is 12.8. The van der Waals surface area contributed by atoms with Gasteiger partial charge in [0.15, 0.2) is 12.1 Å². The summed E-state index contributed by atoms with van der Waals surface area (Å²) in [4.78, 5) is 12.8. The summed E-state index contributed by atoms with van der Waals surface area (Å²) in [5.74, 6) is -1.88. The number of phenols is 2. The van der Waals surface area contributed by atoms with Gasteiger partial charge in [-0.2, -0.15) is 0 Å². The molecular weight excluding hydrogens is 564 g/mol. The summed E-state index contributed by atoms with van der Waals surface area (Å²) >= 11 is 0. The lowest BCUT2D eigenvalue weighted by atomic mass is 9.97. The Morgan fingerprint density at radius 2 is 1.52 bits per heavy atom. The summed E-state index contributed by atoms with van der Waals surface area (Å²) in [7, 11) is 0. The summed E-state index contributed by atoms with van der Waals surface area (Å²) in [6.07, 6.45) is -15.6. The van der Waals surface area contributed by atoms with Gasteiger partial charge in [0.05, 0.1) is 12.7 Å². The first-order chi connectivity index (χ1) is 19.9. The van der Waals surface area contributed by atoms with Crippen LogP contribution in [-0.4, -0.2) is 114 Å². The molecule has 0 radical (unpaired) electrons. The molecule has 2 fully saturated rings. The van der Waals surface area contributed by atoms with Gasteiger partial charge in [-0.3, -0.25) is 4.79 Å².